The summed E-state index contributed by atoms with van der Waals surface area (Å²) in [5, 5.41) is 3.10. The Bertz CT molecular complexity index is 613. The number of amides is 2. The standard InChI is InChI=1S/C20H31N3O2/c1-19(2)16(17(24)23(4)5)8-11-20(19,3)18(25)22-12-6-7-15-9-13-21-14-10-15/h9-10,13-14,16H,6-8,11-12H2,1-5H3,(H,22,25)/t16-,20+/m0/s1. The molecule has 5 heteroatoms. The third kappa shape index (κ3) is 3.86. The second-order valence-corrected chi connectivity index (χ2v) is 8.09. The zero-order chi connectivity index (χ0) is 18.7. The summed E-state index contributed by atoms with van der Waals surface area (Å²) in [5.41, 5.74) is 0.358. The Morgan fingerprint density at radius 2 is 1.88 bits per heavy atom. The van der Waals surface area contributed by atoms with Crippen LogP contribution in [-0.4, -0.2) is 42.3 Å². The van der Waals surface area contributed by atoms with Crippen molar-refractivity contribution in [1.29, 1.82) is 0 Å². The van der Waals surface area contributed by atoms with Crippen LogP contribution in [0.3, 0.4) is 0 Å². The van der Waals surface area contributed by atoms with Crippen molar-refractivity contribution < 1.29 is 9.59 Å². The lowest BCUT2D eigenvalue weighted by atomic mass is 9.65. The molecule has 1 fully saturated rings. The van der Waals surface area contributed by atoms with Crippen LogP contribution >= 0.6 is 0 Å². The molecule has 0 unspecified atom stereocenters. The number of nitrogens with zero attached hydrogens (tertiary/aromatic N) is 2. The van der Waals surface area contributed by atoms with Gasteiger partial charge in [0.2, 0.25) is 11.8 Å². The summed E-state index contributed by atoms with van der Waals surface area (Å²) < 4.78 is 0. The van der Waals surface area contributed by atoms with Crippen molar-refractivity contribution >= 4 is 11.8 Å². The van der Waals surface area contributed by atoms with E-state index in [4.69, 9.17) is 0 Å². The minimum Gasteiger partial charge on any atom is -0.356 e. The topological polar surface area (TPSA) is 62.3 Å². The molecule has 1 aromatic rings. The molecule has 1 aromatic heterocycles. The van der Waals surface area contributed by atoms with Gasteiger partial charge in [-0.2, -0.15) is 0 Å². The van der Waals surface area contributed by atoms with E-state index in [-0.39, 0.29) is 23.1 Å². The molecule has 0 radical (unpaired) electrons. The first-order valence-electron chi connectivity index (χ1n) is 9.08. The van der Waals surface area contributed by atoms with Gasteiger partial charge in [-0.05, 0) is 48.8 Å². The van der Waals surface area contributed by atoms with Crippen molar-refractivity contribution in [1.82, 2.24) is 15.2 Å². The molecule has 25 heavy (non-hydrogen) atoms. The van der Waals surface area contributed by atoms with Crippen LogP contribution in [-0.2, 0) is 16.0 Å². The highest BCUT2D eigenvalue weighted by Gasteiger charge is 2.58. The predicted octanol–water partition coefficient (Wildman–Crippen LogP) is 2.66. The van der Waals surface area contributed by atoms with E-state index in [1.165, 1.54) is 5.56 Å². The van der Waals surface area contributed by atoms with Crippen molar-refractivity contribution in [3.63, 3.8) is 0 Å². The second kappa shape index (κ2) is 7.54. The van der Waals surface area contributed by atoms with E-state index in [1.54, 1.807) is 31.4 Å². The zero-order valence-electron chi connectivity index (χ0n) is 16.1. The van der Waals surface area contributed by atoms with Gasteiger partial charge in [-0.25, -0.2) is 0 Å². The molecule has 2 rings (SSSR count). The van der Waals surface area contributed by atoms with E-state index < -0.39 is 5.41 Å². The fourth-order valence-corrected chi connectivity index (χ4v) is 3.89. The molecule has 0 aliphatic heterocycles. The quantitative estimate of drug-likeness (QED) is 0.806. The molecular weight excluding hydrogens is 314 g/mol. The molecule has 0 spiro atoms. The Kier molecular flexibility index (Phi) is 5.86. The lowest BCUT2D eigenvalue weighted by Crippen LogP contribution is -2.49. The fraction of sp³-hybridized carbons (Fsp3) is 0.650. The first kappa shape index (κ1) is 19.4. The van der Waals surface area contributed by atoms with E-state index >= 15 is 0 Å². The summed E-state index contributed by atoms with van der Waals surface area (Å²) in [5.74, 6) is 0.0931. The van der Waals surface area contributed by atoms with Gasteiger partial charge in [-0.15, -0.1) is 0 Å². The van der Waals surface area contributed by atoms with Gasteiger partial charge in [-0.3, -0.25) is 14.6 Å². The molecule has 2 amide bonds. The summed E-state index contributed by atoms with van der Waals surface area (Å²) in [4.78, 5) is 31.0. The van der Waals surface area contributed by atoms with E-state index in [0.29, 0.717) is 6.54 Å². The number of nitrogens with one attached hydrogen (secondary N) is 1. The van der Waals surface area contributed by atoms with Crippen molar-refractivity contribution in [3.05, 3.63) is 30.1 Å². The van der Waals surface area contributed by atoms with Gasteiger partial charge in [0, 0.05) is 39.0 Å². The minimum atomic E-state index is -0.514. The summed E-state index contributed by atoms with van der Waals surface area (Å²) >= 11 is 0. The average Bonchev–Trinajstić information content (AvgIpc) is 2.82. The number of hydrogen-bond acceptors (Lipinski definition) is 3. The third-order valence-electron chi connectivity index (χ3n) is 6.14. The first-order valence-corrected chi connectivity index (χ1v) is 9.08. The van der Waals surface area contributed by atoms with Crippen LogP contribution in [0.4, 0.5) is 0 Å². The fourth-order valence-electron chi connectivity index (χ4n) is 3.89. The number of aryl methyl sites for hydroxylation is 1. The zero-order valence-corrected chi connectivity index (χ0v) is 16.1. The van der Waals surface area contributed by atoms with Crippen LogP contribution in [0.15, 0.2) is 24.5 Å². The van der Waals surface area contributed by atoms with E-state index in [0.717, 1.165) is 25.7 Å². The SMILES string of the molecule is CN(C)C(=O)[C@@H]1CC[C@](C)(C(=O)NCCCc2ccncc2)C1(C)C. The van der Waals surface area contributed by atoms with E-state index in [1.807, 2.05) is 19.1 Å². The van der Waals surface area contributed by atoms with Gasteiger partial charge in [0.1, 0.15) is 0 Å². The highest BCUT2D eigenvalue weighted by atomic mass is 16.2. The van der Waals surface area contributed by atoms with Crippen LogP contribution in [0.1, 0.15) is 45.6 Å². The van der Waals surface area contributed by atoms with Crippen molar-refractivity contribution in [2.45, 2.75) is 46.5 Å². The Balaban J connectivity index is 1.93. The average molecular weight is 345 g/mol. The highest BCUT2D eigenvalue weighted by Crippen LogP contribution is 2.56. The third-order valence-corrected chi connectivity index (χ3v) is 6.14. The molecule has 138 valence electrons. The van der Waals surface area contributed by atoms with E-state index in [2.05, 4.69) is 24.1 Å². The molecule has 2 atom stereocenters. The number of carbonyl (C=O) groups excluding carboxylic acids is 2. The van der Waals surface area contributed by atoms with Gasteiger partial charge < -0.3 is 10.2 Å². The maximum Gasteiger partial charge on any atom is 0.226 e. The van der Waals surface area contributed by atoms with E-state index in [9.17, 15) is 9.59 Å². The molecule has 1 saturated carbocycles. The number of pyridine rings is 1. The molecule has 0 bridgehead atoms. The molecule has 0 aromatic carbocycles. The summed E-state index contributed by atoms with van der Waals surface area (Å²) in [6, 6.07) is 4.00. The largest absolute Gasteiger partial charge is 0.356 e. The molecule has 1 heterocycles. The van der Waals surface area contributed by atoms with Gasteiger partial charge >= 0.3 is 0 Å². The lowest BCUT2D eigenvalue weighted by molar-refractivity contribution is -0.142. The van der Waals surface area contributed by atoms with Crippen LogP contribution in [0.25, 0.3) is 0 Å². The minimum absolute atomic E-state index is 0.0706. The maximum atomic E-state index is 12.9. The first-order chi connectivity index (χ1) is 11.7. The van der Waals surface area contributed by atoms with Crippen molar-refractivity contribution in [2.24, 2.45) is 16.7 Å². The monoisotopic (exact) mass is 345 g/mol. The molecular formula is C20H31N3O2. The summed E-state index contributed by atoms with van der Waals surface area (Å²) in [6.07, 6.45) is 6.91. The van der Waals surface area contributed by atoms with Gasteiger partial charge in [0.15, 0.2) is 0 Å². The number of rotatable bonds is 6. The van der Waals surface area contributed by atoms with Crippen LogP contribution < -0.4 is 5.32 Å². The second-order valence-electron chi connectivity index (χ2n) is 8.09. The van der Waals surface area contributed by atoms with Crippen molar-refractivity contribution in [2.75, 3.05) is 20.6 Å². The van der Waals surface area contributed by atoms with Gasteiger partial charge in [0.25, 0.3) is 0 Å². The Labute approximate surface area is 151 Å². The molecule has 1 aliphatic carbocycles. The smallest absolute Gasteiger partial charge is 0.226 e. The highest BCUT2D eigenvalue weighted by molar-refractivity contribution is 5.87. The molecule has 0 saturated heterocycles. The maximum absolute atomic E-state index is 12.9. The van der Waals surface area contributed by atoms with Gasteiger partial charge in [-0.1, -0.05) is 20.8 Å². The molecule has 1 aliphatic rings. The predicted molar refractivity (Wildman–Crippen MR) is 98.9 cm³/mol. The number of aromatic nitrogens is 1. The normalized spacial score (nSPS) is 24.8. The lowest BCUT2D eigenvalue weighted by Gasteiger charge is -2.40. The van der Waals surface area contributed by atoms with Crippen molar-refractivity contribution in [3.8, 4) is 0 Å². The van der Waals surface area contributed by atoms with Gasteiger partial charge in [0.05, 0.1) is 5.41 Å². The Morgan fingerprint density at radius 1 is 1.24 bits per heavy atom. The Morgan fingerprint density at radius 3 is 2.48 bits per heavy atom. The molecule has 5 nitrogen and oxygen atoms in total. The Hall–Kier alpha value is -1.91. The van der Waals surface area contributed by atoms with Crippen LogP contribution in [0, 0.1) is 16.7 Å². The van der Waals surface area contributed by atoms with Crippen LogP contribution in [0.2, 0.25) is 0 Å². The number of carbonyl (C=O) groups is 2. The summed E-state index contributed by atoms with van der Waals surface area (Å²) in [6.45, 7) is 6.78. The number of hydrogen-bond donors (Lipinski definition) is 1. The van der Waals surface area contributed by atoms with Crippen LogP contribution in [0.5, 0.6) is 0 Å². The molecule has 1 N–H and O–H groups in total. The summed E-state index contributed by atoms with van der Waals surface area (Å²) in [7, 11) is 3.57.